The van der Waals surface area contributed by atoms with Crippen LogP contribution in [0, 0.1) is 0 Å². The van der Waals surface area contributed by atoms with Crippen molar-refractivity contribution < 1.29 is 0 Å². The topological polar surface area (TPSA) is 56.7 Å². The SMILES string of the molecule is Cn1ncnc1CC(N)CSc1cccc(Cl)c1. The number of hydrogen-bond donors (Lipinski definition) is 1. The second kappa shape index (κ2) is 6.22. The van der Waals surface area contributed by atoms with Crippen molar-refractivity contribution in [2.75, 3.05) is 5.75 Å². The summed E-state index contributed by atoms with van der Waals surface area (Å²) in [5.41, 5.74) is 6.08. The predicted molar refractivity (Wildman–Crippen MR) is 74.9 cm³/mol. The van der Waals surface area contributed by atoms with Gasteiger partial charge in [-0.2, -0.15) is 5.10 Å². The number of hydrogen-bond acceptors (Lipinski definition) is 4. The van der Waals surface area contributed by atoms with Gasteiger partial charge < -0.3 is 5.73 Å². The van der Waals surface area contributed by atoms with Crippen molar-refractivity contribution in [2.24, 2.45) is 12.8 Å². The molecule has 0 fully saturated rings. The van der Waals surface area contributed by atoms with E-state index in [0.29, 0.717) is 0 Å². The summed E-state index contributed by atoms with van der Waals surface area (Å²) in [5.74, 6) is 1.74. The van der Waals surface area contributed by atoms with E-state index in [2.05, 4.69) is 10.1 Å². The van der Waals surface area contributed by atoms with E-state index < -0.39 is 0 Å². The highest BCUT2D eigenvalue weighted by molar-refractivity contribution is 7.99. The van der Waals surface area contributed by atoms with Crippen LogP contribution in [0.5, 0.6) is 0 Å². The Hall–Kier alpha value is -1.04. The van der Waals surface area contributed by atoms with Crippen molar-refractivity contribution in [3.8, 4) is 0 Å². The first-order chi connectivity index (χ1) is 8.65. The van der Waals surface area contributed by atoms with E-state index in [1.54, 1.807) is 22.8 Å². The van der Waals surface area contributed by atoms with Gasteiger partial charge in [0.15, 0.2) is 0 Å². The van der Waals surface area contributed by atoms with Gasteiger partial charge in [0, 0.05) is 35.2 Å². The van der Waals surface area contributed by atoms with E-state index in [9.17, 15) is 0 Å². The fourth-order valence-corrected chi connectivity index (χ4v) is 2.72. The number of aryl methyl sites for hydroxylation is 1. The molecule has 4 nitrogen and oxygen atoms in total. The molecule has 1 aromatic carbocycles. The number of nitrogens with two attached hydrogens (primary N) is 1. The van der Waals surface area contributed by atoms with Crippen molar-refractivity contribution in [3.05, 3.63) is 41.4 Å². The van der Waals surface area contributed by atoms with Crippen molar-refractivity contribution >= 4 is 23.4 Å². The second-order valence-electron chi connectivity index (χ2n) is 4.03. The van der Waals surface area contributed by atoms with Crippen molar-refractivity contribution in [3.63, 3.8) is 0 Å². The normalized spacial score (nSPS) is 12.6. The molecule has 6 heteroatoms. The molecule has 18 heavy (non-hydrogen) atoms. The van der Waals surface area contributed by atoms with Gasteiger partial charge in [0.1, 0.15) is 12.2 Å². The molecule has 2 N–H and O–H groups in total. The maximum absolute atomic E-state index is 6.08. The van der Waals surface area contributed by atoms with E-state index in [-0.39, 0.29) is 6.04 Å². The summed E-state index contributed by atoms with van der Waals surface area (Å²) in [6, 6.07) is 7.84. The van der Waals surface area contributed by atoms with E-state index in [4.69, 9.17) is 17.3 Å². The molecule has 1 heterocycles. The van der Waals surface area contributed by atoms with Crippen LogP contribution in [0.25, 0.3) is 0 Å². The number of nitrogens with zero attached hydrogens (tertiary/aromatic N) is 3. The highest BCUT2D eigenvalue weighted by Gasteiger charge is 2.09. The number of benzene rings is 1. The maximum atomic E-state index is 6.08. The lowest BCUT2D eigenvalue weighted by Crippen LogP contribution is -2.27. The molecular formula is C12H15ClN4S. The van der Waals surface area contributed by atoms with Gasteiger partial charge in [0.25, 0.3) is 0 Å². The van der Waals surface area contributed by atoms with Gasteiger partial charge in [-0.05, 0) is 18.2 Å². The highest BCUT2D eigenvalue weighted by Crippen LogP contribution is 2.22. The smallest absolute Gasteiger partial charge is 0.138 e. The van der Waals surface area contributed by atoms with Crippen molar-refractivity contribution in [1.29, 1.82) is 0 Å². The monoisotopic (exact) mass is 282 g/mol. The van der Waals surface area contributed by atoms with E-state index >= 15 is 0 Å². The average molecular weight is 283 g/mol. The molecule has 0 aliphatic carbocycles. The molecule has 0 spiro atoms. The van der Waals surface area contributed by atoms with Crippen molar-refractivity contribution in [2.45, 2.75) is 17.4 Å². The third-order valence-electron chi connectivity index (χ3n) is 2.51. The van der Waals surface area contributed by atoms with Crippen LogP contribution < -0.4 is 5.73 Å². The Balaban J connectivity index is 1.85. The van der Waals surface area contributed by atoms with E-state index in [1.807, 2.05) is 31.3 Å². The molecule has 96 valence electrons. The standard InChI is InChI=1S/C12H15ClN4S/c1-17-12(15-8-16-17)6-10(14)7-18-11-4-2-3-9(13)5-11/h2-5,8,10H,6-7,14H2,1H3. The lowest BCUT2D eigenvalue weighted by molar-refractivity contribution is 0.643. The minimum atomic E-state index is 0.0527. The Morgan fingerprint density at radius 2 is 2.33 bits per heavy atom. The average Bonchev–Trinajstić information content (AvgIpc) is 2.73. The number of halogens is 1. The van der Waals surface area contributed by atoms with Gasteiger partial charge in [-0.15, -0.1) is 11.8 Å². The van der Waals surface area contributed by atoms with E-state index in [0.717, 1.165) is 27.9 Å². The summed E-state index contributed by atoms with van der Waals surface area (Å²) in [6.45, 7) is 0. The first kappa shape index (κ1) is 13.4. The Kier molecular flexibility index (Phi) is 4.63. The zero-order chi connectivity index (χ0) is 13.0. The number of rotatable bonds is 5. The first-order valence-electron chi connectivity index (χ1n) is 5.62. The summed E-state index contributed by atoms with van der Waals surface area (Å²) in [7, 11) is 1.87. The Morgan fingerprint density at radius 1 is 1.50 bits per heavy atom. The van der Waals surface area contributed by atoms with Gasteiger partial charge in [-0.25, -0.2) is 4.98 Å². The van der Waals surface area contributed by atoms with Crippen LogP contribution in [-0.2, 0) is 13.5 Å². The Bertz CT molecular complexity index is 514. The van der Waals surface area contributed by atoms with Crippen LogP contribution in [0.4, 0.5) is 0 Å². The molecule has 2 rings (SSSR count). The highest BCUT2D eigenvalue weighted by atomic mass is 35.5. The molecule has 0 radical (unpaired) electrons. The molecule has 1 unspecified atom stereocenters. The molecular weight excluding hydrogens is 268 g/mol. The van der Waals surface area contributed by atoms with Crippen LogP contribution in [0.3, 0.4) is 0 Å². The van der Waals surface area contributed by atoms with E-state index in [1.165, 1.54) is 0 Å². The van der Waals surface area contributed by atoms with Gasteiger partial charge >= 0.3 is 0 Å². The Labute approximate surface area is 116 Å². The molecule has 1 aromatic heterocycles. The molecule has 0 aliphatic heterocycles. The first-order valence-corrected chi connectivity index (χ1v) is 6.98. The predicted octanol–water partition coefficient (Wildman–Crippen LogP) is 2.13. The summed E-state index contributed by atoms with van der Waals surface area (Å²) < 4.78 is 1.75. The Morgan fingerprint density at radius 3 is 3.00 bits per heavy atom. The molecule has 0 saturated carbocycles. The van der Waals surface area contributed by atoms with Gasteiger partial charge in [-0.1, -0.05) is 17.7 Å². The molecule has 0 amide bonds. The minimum Gasteiger partial charge on any atom is -0.327 e. The summed E-state index contributed by atoms with van der Waals surface area (Å²) in [4.78, 5) is 5.30. The molecule has 0 bridgehead atoms. The maximum Gasteiger partial charge on any atom is 0.138 e. The zero-order valence-corrected chi connectivity index (χ0v) is 11.7. The van der Waals surface area contributed by atoms with Crippen LogP contribution in [0.1, 0.15) is 5.82 Å². The zero-order valence-electron chi connectivity index (χ0n) is 10.1. The van der Waals surface area contributed by atoms with Crippen LogP contribution in [0.2, 0.25) is 5.02 Å². The molecule has 0 aliphatic rings. The van der Waals surface area contributed by atoms with Crippen molar-refractivity contribution in [1.82, 2.24) is 14.8 Å². The second-order valence-corrected chi connectivity index (χ2v) is 5.56. The fraction of sp³-hybridized carbons (Fsp3) is 0.333. The third kappa shape index (κ3) is 3.73. The van der Waals surface area contributed by atoms with Crippen LogP contribution in [-0.4, -0.2) is 26.6 Å². The molecule has 2 aromatic rings. The summed E-state index contributed by atoms with van der Waals surface area (Å²) in [6.07, 6.45) is 2.27. The number of aromatic nitrogens is 3. The van der Waals surface area contributed by atoms with Gasteiger partial charge in [0.2, 0.25) is 0 Å². The van der Waals surface area contributed by atoms with Gasteiger partial charge in [-0.3, -0.25) is 4.68 Å². The molecule has 0 saturated heterocycles. The summed E-state index contributed by atoms with van der Waals surface area (Å²) in [5, 5.41) is 4.78. The van der Waals surface area contributed by atoms with Gasteiger partial charge in [0.05, 0.1) is 0 Å². The largest absolute Gasteiger partial charge is 0.327 e. The molecule has 1 atom stereocenters. The number of thioether (sulfide) groups is 1. The van der Waals surface area contributed by atoms with Crippen LogP contribution in [0.15, 0.2) is 35.5 Å². The quantitative estimate of drug-likeness (QED) is 0.854. The van der Waals surface area contributed by atoms with Crippen LogP contribution >= 0.6 is 23.4 Å². The lowest BCUT2D eigenvalue weighted by Gasteiger charge is -2.10. The minimum absolute atomic E-state index is 0.0527. The fourth-order valence-electron chi connectivity index (χ4n) is 1.56. The summed E-state index contributed by atoms with van der Waals surface area (Å²) >= 11 is 7.63. The lowest BCUT2D eigenvalue weighted by atomic mass is 10.2. The third-order valence-corrected chi connectivity index (χ3v) is 3.93.